The summed E-state index contributed by atoms with van der Waals surface area (Å²) < 4.78 is 5.16. The molecule has 0 bridgehead atoms. The van der Waals surface area contributed by atoms with E-state index in [0.29, 0.717) is 5.88 Å². The van der Waals surface area contributed by atoms with Gasteiger partial charge in [-0.25, -0.2) is 4.79 Å². The Labute approximate surface area is 100 Å². The Kier molecular flexibility index (Phi) is 3.66. The summed E-state index contributed by atoms with van der Waals surface area (Å²) in [5.74, 6) is -0.258. The first-order valence-corrected chi connectivity index (χ1v) is 6.09. The molecule has 0 aromatic carbocycles. The van der Waals surface area contributed by atoms with Gasteiger partial charge in [-0.05, 0) is 18.8 Å². The maximum absolute atomic E-state index is 11.2. The fraction of sp³-hybridized carbons (Fsp3) is 0.667. The highest BCUT2D eigenvalue weighted by atomic mass is 16.5. The summed E-state index contributed by atoms with van der Waals surface area (Å²) >= 11 is 0. The summed E-state index contributed by atoms with van der Waals surface area (Å²) in [5.41, 5.74) is 0.940. The van der Waals surface area contributed by atoms with Crippen LogP contribution >= 0.6 is 0 Å². The molecule has 2 rings (SSSR count). The average Bonchev–Trinajstić information content (AvgIpc) is 2.57. The molecule has 1 aliphatic carbocycles. The number of nitrogens with one attached hydrogen (secondary N) is 1. The minimum Gasteiger partial charge on any atom is -0.480 e. The Morgan fingerprint density at radius 1 is 1.35 bits per heavy atom. The number of aromatic nitrogens is 2. The smallest absolute Gasteiger partial charge is 0.354 e. The van der Waals surface area contributed by atoms with Crippen molar-refractivity contribution in [2.45, 2.75) is 44.4 Å². The van der Waals surface area contributed by atoms with Crippen molar-refractivity contribution in [3.8, 4) is 5.88 Å². The number of methoxy groups -OCH3 is 1. The van der Waals surface area contributed by atoms with Crippen LogP contribution in [0.5, 0.6) is 5.88 Å². The Balaban J connectivity index is 2.33. The van der Waals surface area contributed by atoms with E-state index in [2.05, 4.69) is 10.2 Å². The minimum absolute atomic E-state index is 0.189. The highest BCUT2D eigenvalue weighted by molar-refractivity contribution is 5.88. The zero-order valence-corrected chi connectivity index (χ0v) is 10.0. The van der Waals surface area contributed by atoms with Crippen molar-refractivity contribution in [3.63, 3.8) is 0 Å². The summed E-state index contributed by atoms with van der Waals surface area (Å²) in [4.78, 5) is 11.2. The molecule has 5 heteroatoms. The highest BCUT2D eigenvalue weighted by Crippen LogP contribution is 2.37. The summed E-state index contributed by atoms with van der Waals surface area (Å²) in [6.45, 7) is 0. The van der Waals surface area contributed by atoms with Crippen LogP contribution in [0.1, 0.15) is 60.5 Å². The van der Waals surface area contributed by atoms with Crippen molar-refractivity contribution in [1.29, 1.82) is 0 Å². The monoisotopic (exact) mass is 238 g/mol. The fourth-order valence-electron chi connectivity index (χ4n) is 2.60. The predicted octanol–water partition coefficient (Wildman–Crippen LogP) is 2.55. The topological polar surface area (TPSA) is 75.2 Å². The molecular weight excluding hydrogens is 220 g/mol. The van der Waals surface area contributed by atoms with Crippen molar-refractivity contribution in [2.75, 3.05) is 7.11 Å². The number of aromatic carboxylic acids is 1. The van der Waals surface area contributed by atoms with E-state index in [1.54, 1.807) is 0 Å². The zero-order valence-electron chi connectivity index (χ0n) is 10.0. The van der Waals surface area contributed by atoms with Crippen molar-refractivity contribution in [1.82, 2.24) is 10.2 Å². The van der Waals surface area contributed by atoms with Crippen molar-refractivity contribution in [2.24, 2.45) is 0 Å². The fourth-order valence-corrected chi connectivity index (χ4v) is 2.60. The van der Waals surface area contributed by atoms with E-state index < -0.39 is 5.97 Å². The molecule has 2 N–H and O–H groups in total. The zero-order chi connectivity index (χ0) is 12.3. The standard InChI is InChI=1S/C12H18N2O3/c1-17-11-9(10(12(15)16)13-14-11)8-6-4-2-3-5-7-8/h8H,2-7H2,1H3,(H,13,14)(H,15,16). The molecule has 5 nitrogen and oxygen atoms in total. The molecule has 1 heterocycles. The van der Waals surface area contributed by atoms with E-state index in [4.69, 9.17) is 9.84 Å². The maximum atomic E-state index is 11.2. The summed E-state index contributed by atoms with van der Waals surface area (Å²) in [6, 6.07) is 0. The first-order chi connectivity index (χ1) is 8.24. The predicted molar refractivity (Wildman–Crippen MR) is 62.5 cm³/mol. The molecule has 1 aromatic rings. The number of carboxylic acid groups (broad SMARTS) is 1. The molecule has 0 radical (unpaired) electrons. The summed E-state index contributed by atoms with van der Waals surface area (Å²) in [7, 11) is 1.53. The molecule has 0 unspecified atom stereocenters. The second-order valence-electron chi connectivity index (χ2n) is 4.52. The van der Waals surface area contributed by atoms with Crippen LogP contribution in [-0.2, 0) is 0 Å². The lowest BCUT2D eigenvalue weighted by atomic mass is 9.91. The van der Waals surface area contributed by atoms with Gasteiger partial charge >= 0.3 is 5.97 Å². The number of ether oxygens (including phenoxy) is 1. The number of nitrogens with zero attached hydrogens (tertiary/aromatic N) is 1. The number of rotatable bonds is 3. The van der Waals surface area contributed by atoms with Crippen LogP contribution in [0.25, 0.3) is 0 Å². The van der Waals surface area contributed by atoms with E-state index in [1.807, 2.05) is 0 Å². The number of carboxylic acids is 1. The van der Waals surface area contributed by atoms with Gasteiger partial charge < -0.3 is 9.84 Å². The summed E-state index contributed by atoms with van der Waals surface area (Å²) in [6.07, 6.45) is 6.82. The first kappa shape index (κ1) is 12.0. The number of H-pyrrole nitrogens is 1. The van der Waals surface area contributed by atoms with E-state index in [1.165, 1.54) is 20.0 Å². The first-order valence-electron chi connectivity index (χ1n) is 6.09. The number of aromatic amines is 1. The van der Waals surface area contributed by atoms with Crippen LogP contribution < -0.4 is 4.74 Å². The molecule has 17 heavy (non-hydrogen) atoms. The third kappa shape index (κ3) is 2.43. The molecule has 1 fully saturated rings. The number of carbonyl (C=O) groups is 1. The largest absolute Gasteiger partial charge is 0.480 e. The third-order valence-corrected chi connectivity index (χ3v) is 3.44. The Hall–Kier alpha value is -1.52. The van der Waals surface area contributed by atoms with Gasteiger partial charge in [0, 0.05) is 0 Å². The van der Waals surface area contributed by atoms with Crippen molar-refractivity contribution in [3.05, 3.63) is 11.3 Å². The molecule has 94 valence electrons. The lowest BCUT2D eigenvalue weighted by Gasteiger charge is -2.14. The van der Waals surface area contributed by atoms with Crippen LogP contribution in [-0.4, -0.2) is 28.4 Å². The molecule has 1 aromatic heterocycles. The Morgan fingerprint density at radius 2 is 2.00 bits per heavy atom. The van der Waals surface area contributed by atoms with E-state index in [9.17, 15) is 4.79 Å². The SMILES string of the molecule is COc1n[nH]c(C(=O)O)c1C1CCCCCC1. The summed E-state index contributed by atoms with van der Waals surface area (Å²) in [5, 5.41) is 15.7. The molecule has 0 atom stereocenters. The number of hydrogen-bond acceptors (Lipinski definition) is 3. The van der Waals surface area contributed by atoms with Crippen LogP contribution in [0.3, 0.4) is 0 Å². The van der Waals surface area contributed by atoms with E-state index in [0.717, 1.165) is 31.2 Å². The molecule has 0 aliphatic heterocycles. The Bertz CT molecular complexity index is 392. The van der Waals surface area contributed by atoms with Gasteiger partial charge in [0.05, 0.1) is 12.7 Å². The molecule has 1 saturated carbocycles. The third-order valence-electron chi connectivity index (χ3n) is 3.44. The number of hydrogen-bond donors (Lipinski definition) is 2. The van der Waals surface area contributed by atoms with Gasteiger partial charge in [-0.1, -0.05) is 25.7 Å². The van der Waals surface area contributed by atoms with Gasteiger partial charge in [-0.2, -0.15) is 0 Å². The van der Waals surface area contributed by atoms with Crippen LogP contribution in [0.4, 0.5) is 0 Å². The van der Waals surface area contributed by atoms with Gasteiger partial charge in [0.25, 0.3) is 0 Å². The molecule has 1 aliphatic rings. The van der Waals surface area contributed by atoms with Crippen LogP contribution in [0.15, 0.2) is 0 Å². The molecule has 0 spiro atoms. The van der Waals surface area contributed by atoms with E-state index in [-0.39, 0.29) is 11.6 Å². The van der Waals surface area contributed by atoms with E-state index >= 15 is 0 Å². The van der Waals surface area contributed by atoms with Gasteiger partial charge in [0.15, 0.2) is 5.69 Å². The second kappa shape index (κ2) is 5.21. The van der Waals surface area contributed by atoms with Gasteiger partial charge in [-0.15, -0.1) is 5.10 Å². The van der Waals surface area contributed by atoms with Gasteiger partial charge in [0.1, 0.15) is 0 Å². The van der Waals surface area contributed by atoms with Crippen LogP contribution in [0.2, 0.25) is 0 Å². The highest BCUT2D eigenvalue weighted by Gasteiger charge is 2.27. The average molecular weight is 238 g/mol. The van der Waals surface area contributed by atoms with Gasteiger partial charge in [-0.3, -0.25) is 5.10 Å². The molecule has 0 saturated heterocycles. The Morgan fingerprint density at radius 3 is 2.53 bits per heavy atom. The van der Waals surface area contributed by atoms with Gasteiger partial charge in [0.2, 0.25) is 5.88 Å². The normalized spacial score (nSPS) is 17.7. The van der Waals surface area contributed by atoms with Crippen LogP contribution in [0, 0.1) is 0 Å². The lowest BCUT2D eigenvalue weighted by molar-refractivity contribution is 0.0688. The lowest BCUT2D eigenvalue weighted by Crippen LogP contribution is -2.07. The second-order valence-corrected chi connectivity index (χ2v) is 4.52. The minimum atomic E-state index is -0.958. The quantitative estimate of drug-likeness (QED) is 0.793. The van der Waals surface area contributed by atoms with Crippen molar-refractivity contribution < 1.29 is 14.6 Å². The molecule has 0 amide bonds. The van der Waals surface area contributed by atoms with Crippen molar-refractivity contribution >= 4 is 5.97 Å². The molecular formula is C12H18N2O3. The maximum Gasteiger partial charge on any atom is 0.354 e.